The summed E-state index contributed by atoms with van der Waals surface area (Å²) < 4.78 is 5.52. The lowest BCUT2D eigenvalue weighted by molar-refractivity contribution is -0.385. The van der Waals surface area contributed by atoms with Gasteiger partial charge >= 0.3 is 0 Å². The van der Waals surface area contributed by atoms with Crippen LogP contribution in [0.3, 0.4) is 0 Å². The summed E-state index contributed by atoms with van der Waals surface area (Å²) in [6.07, 6.45) is 2.20. The molecular formula is C12H12N2O3. The van der Waals surface area contributed by atoms with Crippen LogP contribution in [0, 0.1) is 26.9 Å². The molecule has 5 nitrogen and oxygen atoms in total. The van der Waals surface area contributed by atoms with Gasteiger partial charge in [0.05, 0.1) is 11.5 Å². The quantitative estimate of drug-likeness (QED) is 0.590. The highest BCUT2D eigenvalue weighted by atomic mass is 16.6. The minimum absolute atomic E-state index is 0.00162. The van der Waals surface area contributed by atoms with Gasteiger partial charge in [-0.25, -0.2) is 0 Å². The molecule has 1 aliphatic rings. The fourth-order valence-corrected chi connectivity index (χ4v) is 1.51. The third-order valence-electron chi connectivity index (χ3n) is 2.99. The zero-order valence-corrected chi connectivity index (χ0v) is 9.47. The number of benzene rings is 1. The molecule has 0 unspecified atom stereocenters. The molecule has 5 heteroatoms. The smallest absolute Gasteiger partial charge is 0.290 e. The molecule has 0 amide bonds. The Morgan fingerprint density at radius 2 is 2.29 bits per heavy atom. The lowest BCUT2D eigenvalue weighted by Crippen LogP contribution is -2.10. The first-order valence-corrected chi connectivity index (χ1v) is 5.36. The monoisotopic (exact) mass is 232 g/mol. The summed E-state index contributed by atoms with van der Waals surface area (Å²) in [6.45, 7) is 2.60. The second-order valence-corrected chi connectivity index (χ2v) is 4.62. The number of ether oxygens (including phenoxy) is 1. The second-order valence-electron chi connectivity index (χ2n) is 4.62. The molecule has 0 radical (unpaired) electrons. The van der Waals surface area contributed by atoms with E-state index < -0.39 is 4.92 Å². The van der Waals surface area contributed by atoms with Crippen LogP contribution in [-0.2, 0) is 0 Å². The van der Waals surface area contributed by atoms with Crippen LogP contribution >= 0.6 is 0 Å². The van der Waals surface area contributed by atoms with Crippen LogP contribution in [0.4, 0.5) is 5.69 Å². The van der Waals surface area contributed by atoms with Crippen molar-refractivity contribution in [3.8, 4) is 11.8 Å². The average molecular weight is 232 g/mol. The molecule has 1 aliphatic carbocycles. The molecule has 0 aliphatic heterocycles. The molecule has 88 valence electrons. The van der Waals surface area contributed by atoms with Crippen LogP contribution in [0.5, 0.6) is 5.75 Å². The maximum Gasteiger partial charge on any atom is 0.290 e. The third kappa shape index (κ3) is 2.36. The van der Waals surface area contributed by atoms with E-state index in [1.807, 2.05) is 6.07 Å². The van der Waals surface area contributed by atoms with E-state index in [9.17, 15) is 10.1 Å². The number of hydrogen-bond acceptors (Lipinski definition) is 4. The van der Waals surface area contributed by atoms with Crippen molar-refractivity contribution < 1.29 is 9.66 Å². The fraction of sp³-hybridized carbons (Fsp3) is 0.417. The van der Waals surface area contributed by atoms with Gasteiger partial charge in [0.1, 0.15) is 11.8 Å². The number of hydrogen-bond donors (Lipinski definition) is 0. The molecule has 0 N–H and O–H groups in total. The Hall–Kier alpha value is -2.09. The van der Waals surface area contributed by atoms with Crippen molar-refractivity contribution in [3.05, 3.63) is 33.9 Å². The van der Waals surface area contributed by atoms with E-state index in [0.29, 0.717) is 12.4 Å². The molecule has 0 atom stereocenters. The predicted octanol–water partition coefficient (Wildman–Crippen LogP) is 2.65. The minimum atomic E-state index is -0.565. The molecule has 1 fully saturated rings. The highest BCUT2D eigenvalue weighted by Gasteiger charge is 2.38. The summed E-state index contributed by atoms with van der Waals surface area (Å²) >= 11 is 0. The van der Waals surface area contributed by atoms with Crippen LogP contribution in [0.15, 0.2) is 18.2 Å². The van der Waals surface area contributed by atoms with E-state index in [0.717, 1.165) is 12.8 Å². The Bertz CT molecular complexity index is 501. The Balaban J connectivity index is 2.24. The highest BCUT2D eigenvalue weighted by molar-refractivity contribution is 5.56. The van der Waals surface area contributed by atoms with Crippen LogP contribution in [-0.4, -0.2) is 11.5 Å². The van der Waals surface area contributed by atoms with E-state index in [4.69, 9.17) is 10.00 Å². The first kappa shape index (κ1) is 11.4. The van der Waals surface area contributed by atoms with Gasteiger partial charge in [-0.1, -0.05) is 13.0 Å². The first-order valence-electron chi connectivity index (χ1n) is 5.36. The molecule has 1 aromatic carbocycles. The van der Waals surface area contributed by atoms with E-state index in [1.165, 1.54) is 12.1 Å². The van der Waals surface area contributed by atoms with Crippen molar-refractivity contribution >= 4 is 5.69 Å². The number of nitrogens with zero attached hydrogens (tertiary/aromatic N) is 2. The minimum Gasteiger partial charge on any atom is -0.491 e. The van der Waals surface area contributed by atoms with Gasteiger partial charge in [0.25, 0.3) is 5.69 Å². The van der Waals surface area contributed by atoms with Gasteiger partial charge in [0.15, 0.2) is 5.56 Å². The number of nitro groups is 1. The Labute approximate surface area is 98.8 Å². The van der Waals surface area contributed by atoms with Gasteiger partial charge in [-0.3, -0.25) is 10.1 Å². The normalized spacial score (nSPS) is 16.0. The summed E-state index contributed by atoms with van der Waals surface area (Å²) in [5.74, 6) is 0.301. The van der Waals surface area contributed by atoms with Crippen LogP contribution in [0.25, 0.3) is 0 Å². The van der Waals surface area contributed by atoms with E-state index >= 15 is 0 Å². The zero-order valence-electron chi connectivity index (χ0n) is 9.47. The Kier molecular flexibility index (Phi) is 2.72. The molecule has 17 heavy (non-hydrogen) atoms. The van der Waals surface area contributed by atoms with Crippen molar-refractivity contribution in [1.82, 2.24) is 0 Å². The maximum absolute atomic E-state index is 10.7. The Morgan fingerprint density at radius 3 is 2.82 bits per heavy atom. The Morgan fingerprint density at radius 1 is 1.59 bits per heavy atom. The van der Waals surface area contributed by atoms with Crippen molar-refractivity contribution in [2.45, 2.75) is 19.8 Å². The summed E-state index contributed by atoms with van der Waals surface area (Å²) in [6, 6.07) is 6.27. The van der Waals surface area contributed by atoms with Crippen LogP contribution < -0.4 is 4.74 Å². The van der Waals surface area contributed by atoms with Gasteiger partial charge in [-0.15, -0.1) is 0 Å². The van der Waals surface area contributed by atoms with E-state index in [-0.39, 0.29) is 16.7 Å². The fourth-order valence-electron chi connectivity index (χ4n) is 1.51. The van der Waals surface area contributed by atoms with E-state index in [1.54, 1.807) is 6.07 Å². The highest BCUT2D eigenvalue weighted by Crippen LogP contribution is 2.45. The number of rotatable bonds is 4. The standard InChI is InChI=1S/C12H12N2O3/c1-12(5-6-12)8-17-11-4-2-3-10(14(15)16)9(11)7-13/h2-4H,5-6,8H2,1H3. The molecule has 2 rings (SSSR count). The van der Waals surface area contributed by atoms with Crippen molar-refractivity contribution in [2.24, 2.45) is 5.41 Å². The number of nitro benzene ring substituents is 1. The van der Waals surface area contributed by atoms with Crippen molar-refractivity contribution in [3.63, 3.8) is 0 Å². The molecule has 0 bridgehead atoms. The summed E-state index contributed by atoms with van der Waals surface area (Å²) in [5.41, 5.74) is -0.0233. The molecule has 0 spiro atoms. The largest absolute Gasteiger partial charge is 0.491 e. The average Bonchev–Trinajstić information content (AvgIpc) is 3.04. The van der Waals surface area contributed by atoms with Crippen LogP contribution in [0.1, 0.15) is 25.3 Å². The molecular weight excluding hydrogens is 220 g/mol. The number of nitriles is 1. The summed E-state index contributed by atoms with van der Waals surface area (Å²) in [7, 11) is 0. The SMILES string of the molecule is CC1(COc2cccc([N+](=O)[O-])c2C#N)CC1. The van der Waals surface area contributed by atoms with E-state index in [2.05, 4.69) is 6.92 Å². The van der Waals surface area contributed by atoms with Gasteiger partial charge in [0.2, 0.25) is 0 Å². The first-order chi connectivity index (χ1) is 8.06. The molecule has 1 aromatic rings. The van der Waals surface area contributed by atoms with Crippen molar-refractivity contribution in [1.29, 1.82) is 5.26 Å². The van der Waals surface area contributed by atoms with Gasteiger partial charge in [-0.2, -0.15) is 5.26 Å². The second kappa shape index (κ2) is 4.06. The van der Waals surface area contributed by atoms with Crippen LogP contribution in [0.2, 0.25) is 0 Å². The predicted molar refractivity (Wildman–Crippen MR) is 60.6 cm³/mol. The maximum atomic E-state index is 10.7. The third-order valence-corrected chi connectivity index (χ3v) is 2.99. The lowest BCUT2D eigenvalue weighted by Gasteiger charge is -2.11. The molecule has 0 heterocycles. The van der Waals surface area contributed by atoms with Gasteiger partial charge in [0, 0.05) is 11.5 Å². The lowest BCUT2D eigenvalue weighted by atomic mass is 10.1. The topological polar surface area (TPSA) is 76.2 Å². The zero-order chi connectivity index (χ0) is 12.5. The summed E-state index contributed by atoms with van der Waals surface area (Å²) in [4.78, 5) is 10.2. The van der Waals surface area contributed by atoms with Gasteiger partial charge in [-0.05, 0) is 18.9 Å². The van der Waals surface area contributed by atoms with Crippen molar-refractivity contribution in [2.75, 3.05) is 6.61 Å². The molecule has 0 aromatic heterocycles. The molecule has 1 saturated carbocycles. The molecule has 0 saturated heterocycles. The summed E-state index contributed by atoms with van der Waals surface area (Å²) in [5, 5.41) is 19.7. The van der Waals surface area contributed by atoms with Gasteiger partial charge < -0.3 is 4.74 Å².